The molecule has 7 heteroatoms. The number of carboxylic acids is 1. The second-order valence-electron chi connectivity index (χ2n) is 4.09. The molecule has 0 aliphatic heterocycles. The molecule has 0 radical (unpaired) electrons. The minimum atomic E-state index is -1.14. The van der Waals surface area contributed by atoms with Crippen LogP contribution in [0.5, 0.6) is 0 Å². The summed E-state index contributed by atoms with van der Waals surface area (Å²) in [6.07, 6.45) is 0. The first-order valence-electron chi connectivity index (χ1n) is 5.72. The number of halogens is 1. The molecule has 1 aromatic carbocycles. The van der Waals surface area contributed by atoms with E-state index in [0.29, 0.717) is 0 Å². The molecule has 1 heterocycles. The number of rotatable bonds is 4. The van der Waals surface area contributed by atoms with E-state index < -0.39 is 5.97 Å². The molecule has 1 unspecified atom stereocenters. The molecule has 2 N–H and O–H groups in total. The van der Waals surface area contributed by atoms with Crippen LogP contribution in [-0.2, 0) is 0 Å². The Kier molecular flexibility index (Phi) is 4.51. The summed E-state index contributed by atoms with van der Waals surface area (Å²) in [4.78, 5) is 26.5. The summed E-state index contributed by atoms with van der Waals surface area (Å²) in [5, 5.41) is 13.1. The minimum absolute atomic E-state index is 0.114. The molecule has 0 saturated heterocycles. The van der Waals surface area contributed by atoms with Crippen LogP contribution in [0.25, 0.3) is 0 Å². The maximum atomic E-state index is 12.0. The third-order valence-electron chi connectivity index (χ3n) is 2.64. The molecule has 5 nitrogen and oxygen atoms in total. The number of carboxylic acid groups (broad SMARTS) is 1. The van der Waals surface area contributed by atoms with Crippen molar-refractivity contribution in [3.8, 4) is 0 Å². The Morgan fingerprint density at radius 3 is 2.55 bits per heavy atom. The third-order valence-corrected chi connectivity index (χ3v) is 4.00. The number of nitrogens with one attached hydrogen (secondary N) is 1. The van der Waals surface area contributed by atoms with Crippen LogP contribution in [-0.4, -0.2) is 22.0 Å². The maximum Gasteiger partial charge on any atom is 0.355 e. The Morgan fingerprint density at radius 2 is 2.00 bits per heavy atom. The van der Waals surface area contributed by atoms with Crippen LogP contribution in [0.3, 0.4) is 0 Å². The van der Waals surface area contributed by atoms with Gasteiger partial charge in [-0.2, -0.15) is 0 Å². The number of carbonyl (C=O) groups excluding carboxylic acids is 1. The number of benzene rings is 1. The molecule has 1 amide bonds. The van der Waals surface area contributed by atoms with Crippen molar-refractivity contribution in [3.05, 3.63) is 50.4 Å². The van der Waals surface area contributed by atoms with Crippen LogP contribution in [0, 0.1) is 0 Å². The number of amides is 1. The largest absolute Gasteiger partial charge is 0.476 e. The molecule has 0 saturated carbocycles. The van der Waals surface area contributed by atoms with Crippen molar-refractivity contribution in [3.63, 3.8) is 0 Å². The molecule has 2 aromatic rings. The van der Waals surface area contributed by atoms with Crippen molar-refractivity contribution in [2.75, 3.05) is 0 Å². The van der Waals surface area contributed by atoms with E-state index >= 15 is 0 Å². The molecule has 0 aliphatic carbocycles. The second-order valence-corrected chi connectivity index (χ2v) is 5.86. The van der Waals surface area contributed by atoms with E-state index in [1.807, 2.05) is 31.2 Å². The Morgan fingerprint density at radius 1 is 1.35 bits per heavy atom. The zero-order chi connectivity index (χ0) is 14.7. The molecular formula is C13H11BrN2O3S. The van der Waals surface area contributed by atoms with Crippen LogP contribution < -0.4 is 5.32 Å². The number of thiazole rings is 1. The van der Waals surface area contributed by atoms with Gasteiger partial charge in [-0.1, -0.05) is 28.1 Å². The van der Waals surface area contributed by atoms with Crippen molar-refractivity contribution in [2.24, 2.45) is 0 Å². The number of aromatic nitrogens is 1. The second kappa shape index (κ2) is 6.15. The Bertz CT molecular complexity index is 639. The smallest absolute Gasteiger partial charge is 0.355 e. The Hall–Kier alpha value is -1.73. The Balaban J connectivity index is 2.06. The highest BCUT2D eigenvalue weighted by Crippen LogP contribution is 2.17. The van der Waals surface area contributed by atoms with Gasteiger partial charge in [0.25, 0.3) is 5.91 Å². The lowest BCUT2D eigenvalue weighted by Gasteiger charge is -2.13. The molecule has 1 atom stereocenters. The zero-order valence-corrected chi connectivity index (χ0v) is 12.9. The van der Waals surface area contributed by atoms with Gasteiger partial charge in [-0.25, -0.2) is 9.78 Å². The van der Waals surface area contributed by atoms with Crippen LogP contribution in [0.2, 0.25) is 0 Å². The van der Waals surface area contributed by atoms with Crippen molar-refractivity contribution in [1.29, 1.82) is 0 Å². The van der Waals surface area contributed by atoms with E-state index in [4.69, 9.17) is 5.11 Å². The third kappa shape index (κ3) is 3.43. The summed E-state index contributed by atoms with van der Waals surface area (Å²) < 4.78 is 0.964. The quantitative estimate of drug-likeness (QED) is 0.883. The van der Waals surface area contributed by atoms with Gasteiger partial charge in [0, 0.05) is 9.85 Å². The van der Waals surface area contributed by atoms with Gasteiger partial charge in [0.1, 0.15) is 0 Å². The van der Waals surface area contributed by atoms with Crippen LogP contribution in [0.15, 0.2) is 34.1 Å². The first kappa shape index (κ1) is 14.7. The van der Waals surface area contributed by atoms with Gasteiger partial charge in [0.15, 0.2) is 10.7 Å². The van der Waals surface area contributed by atoms with Crippen molar-refractivity contribution in [1.82, 2.24) is 10.3 Å². The average molecular weight is 355 g/mol. The molecule has 1 aromatic heterocycles. The average Bonchev–Trinajstić information content (AvgIpc) is 2.89. The lowest BCUT2D eigenvalue weighted by Crippen LogP contribution is -2.26. The van der Waals surface area contributed by atoms with E-state index in [9.17, 15) is 9.59 Å². The molecule has 20 heavy (non-hydrogen) atoms. The van der Waals surface area contributed by atoms with Gasteiger partial charge >= 0.3 is 5.97 Å². The standard InChI is InChI=1S/C13H11BrN2O3S/c1-7(8-2-4-9(14)5-3-8)15-11(17)12-16-10(6-20-12)13(18)19/h2-7H,1H3,(H,15,17)(H,18,19). The lowest BCUT2D eigenvalue weighted by atomic mass is 10.1. The minimum Gasteiger partial charge on any atom is -0.476 e. The van der Waals surface area contributed by atoms with Gasteiger partial charge in [0.2, 0.25) is 0 Å². The topological polar surface area (TPSA) is 79.3 Å². The van der Waals surface area contributed by atoms with Crippen molar-refractivity contribution in [2.45, 2.75) is 13.0 Å². The van der Waals surface area contributed by atoms with Gasteiger partial charge in [0.05, 0.1) is 6.04 Å². The normalized spacial score (nSPS) is 11.9. The molecule has 2 rings (SSSR count). The molecule has 104 valence electrons. The fraction of sp³-hybridized carbons (Fsp3) is 0.154. The van der Waals surface area contributed by atoms with E-state index in [1.165, 1.54) is 5.38 Å². The first-order chi connectivity index (χ1) is 9.47. The van der Waals surface area contributed by atoms with E-state index in [2.05, 4.69) is 26.2 Å². The monoisotopic (exact) mass is 354 g/mol. The summed E-state index contributed by atoms with van der Waals surface area (Å²) in [6.45, 7) is 1.85. The van der Waals surface area contributed by atoms with Gasteiger partial charge in [-0.15, -0.1) is 11.3 Å². The van der Waals surface area contributed by atoms with Crippen LogP contribution in [0.1, 0.15) is 38.8 Å². The van der Waals surface area contributed by atoms with E-state index in [-0.39, 0.29) is 22.7 Å². The SMILES string of the molecule is CC(NC(=O)c1nc(C(=O)O)cs1)c1ccc(Br)cc1. The van der Waals surface area contributed by atoms with Crippen molar-refractivity contribution < 1.29 is 14.7 Å². The summed E-state index contributed by atoms with van der Waals surface area (Å²) in [5.41, 5.74) is 0.841. The Labute approximate surface area is 127 Å². The highest BCUT2D eigenvalue weighted by molar-refractivity contribution is 9.10. The number of aromatic carboxylic acids is 1. The summed E-state index contributed by atoms with van der Waals surface area (Å²) in [7, 11) is 0. The number of nitrogens with zero attached hydrogens (tertiary/aromatic N) is 1. The maximum absolute atomic E-state index is 12.0. The summed E-state index contributed by atoms with van der Waals surface area (Å²) in [5.74, 6) is -1.51. The predicted molar refractivity (Wildman–Crippen MR) is 79.1 cm³/mol. The van der Waals surface area contributed by atoms with E-state index in [1.54, 1.807) is 0 Å². The predicted octanol–water partition coefficient (Wildman–Crippen LogP) is 3.09. The van der Waals surface area contributed by atoms with Gasteiger partial charge in [-0.3, -0.25) is 4.79 Å². The molecule has 0 aliphatic rings. The number of carbonyl (C=O) groups is 2. The first-order valence-corrected chi connectivity index (χ1v) is 7.40. The highest BCUT2D eigenvalue weighted by Gasteiger charge is 2.17. The summed E-state index contributed by atoms with van der Waals surface area (Å²) >= 11 is 4.36. The molecule has 0 bridgehead atoms. The fourth-order valence-electron chi connectivity index (χ4n) is 1.57. The zero-order valence-electron chi connectivity index (χ0n) is 10.5. The van der Waals surface area contributed by atoms with Crippen LogP contribution in [0.4, 0.5) is 0 Å². The number of hydrogen-bond donors (Lipinski definition) is 2. The molecule has 0 spiro atoms. The number of hydrogen-bond acceptors (Lipinski definition) is 4. The fourth-order valence-corrected chi connectivity index (χ4v) is 2.53. The van der Waals surface area contributed by atoms with E-state index in [0.717, 1.165) is 21.4 Å². The lowest BCUT2D eigenvalue weighted by molar-refractivity contribution is 0.0691. The highest BCUT2D eigenvalue weighted by atomic mass is 79.9. The van der Waals surface area contributed by atoms with Gasteiger partial charge in [-0.05, 0) is 24.6 Å². The molecule has 0 fully saturated rings. The van der Waals surface area contributed by atoms with Crippen molar-refractivity contribution >= 4 is 39.1 Å². The van der Waals surface area contributed by atoms with Crippen LogP contribution >= 0.6 is 27.3 Å². The summed E-state index contributed by atoms with van der Waals surface area (Å²) in [6, 6.07) is 7.40. The van der Waals surface area contributed by atoms with Gasteiger partial charge < -0.3 is 10.4 Å². The molecular weight excluding hydrogens is 344 g/mol.